The molecular formula is C19H26O3. The number of esters is 1. The minimum Gasteiger partial charge on any atom is -0.494 e. The standard InChI is InChI=1S/C19H26O3/c1-3-13-22-17-11-9-16(10-12-17)18(14-19(20)21-2)15-7-5-4-6-8-15/h9-12,14-15H,3-8,13H2,1-2H3. The average Bonchev–Trinajstić information content (AvgIpc) is 2.59. The Morgan fingerprint density at radius 2 is 1.86 bits per heavy atom. The predicted molar refractivity (Wildman–Crippen MR) is 88.8 cm³/mol. The fourth-order valence-electron chi connectivity index (χ4n) is 3.00. The van der Waals surface area contributed by atoms with Crippen molar-refractivity contribution in [2.24, 2.45) is 5.92 Å². The van der Waals surface area contributed by atoms with Crippen LogP contribution >= 0.6 is 0 Å². The lowest BCUT2D eigenvalue weighted by atomic mass is 9.81. The molecule has 0 saturated heterocycles. The largest absolute Gasteiger partial charge is 0.494 e. The minimum absolute atomic E-state index is 0.271. The van der Waals surface area contributed by atoms with Crippen molar-refractivity contribution in [1.29, 1.82) is 0 Å². The molecule has 0 atom stereocenters. The highest BCUT2D eigenvalue weighted by molar-refractivity contribution is 5.91. The molecule has 0 aromatic heterocycles. The van der Waals surface area contributed by atoms with Crippen LogP contribution < -0.4 is 4.74 Å². The van der Waals surface area contributed by atoms with Crippen molar-refractivity contribution in [3.8, 4) is 5.75 Å². The topological polar surface area (TPSA) is 35.5 Å². The first kappa shape index (κ1) is 16.6. The van der Waals surface area contributed by atoms with Crippen molar-refractivity contribution in [3.05, 3.63) is 35.9 Å². The minimum atomic E-state index is -0.271. The van der Waals surface area contributed by atoms with E-state index in [1.807, 2.05) is 24.3 Å². The maximum atomic E-state index is 11.7. The van der Waals surface area contributed by atoms with Gasteiger partial charge >= 0.3 is 5.97 Å². The molecule has 1 aliphatic rings. The molecule has 1 aliphatic carbocycles. The zero-order chi connectivity index (χ0) is 15.8. The summed E-state index contributed by atoms with van der Waals surface area (Å²) in [5.41, 5.74) is 2.20. The van der Waals surface area contributed by atoms with Gasteiger partial charge in [0.2, 0.25) is 0 Å². The van der Waals surface area contributed by atoms with Crippen LogP contribution in [0.2, 0.25) is 0 Å². The Morgan fingerprint density at radius 3 is 2.45 bits per heavy atom. The average molecular weight is 302 g/mol. The number of ether oxygens (including phenoxy) is 2. The number of carbonyl (C=O) groups excluding carboxylic acids is 1. The second-order valence-electron chi connectivity index (χ2n) is 5.83. The fraction of sp³-hybridized carbons (Fsp3) is 0.526. The van der Waals surface area contributed by atoms with Crippen LogP contribution in [0.4, 0.5) is 0 Å². The lowest BCUT2D eigenvalue weighted by Crippen LogP contribution is -2.10. The van der Waals surface area contributed by atoms with Crippen molar-refractivity contribution in [2.75, 3.05) is 13.7 Å². The van der Waals surface area contributed by atoms with Gasteiger partial charge in [0.1, 0.15) is 5.75 Å². The van der Waals surface area contributed by atoms with Crippen LogP contribution in [-0.4, -0.2) is 19.7 Å². The number of allylic oxidation sites excluding steroid dienone is 1. The van der Waals surface area contributed by atoms with Crippen molar-refractivity contribution in [3.63, 3.8) is 0 Å². The lowest BCUT2D eigenvalue weighted by molar-refractivity contribution is -0.134. The first-order valence-corrected chi connectivity index (χ1v) is 8.27. The van der Waals surface area contributed by atoms with Crippen LogP contribution in [0.3, 0.4) is 0 Å². The highest BCUT2D eigenvalue weighted by Crippen LogP contribution is 2.35. The third-order valence-corrected chi connectivity index (χ3v) is 4.18. The Balaban J connectivity index is 2.20. The summed E-state index contributed by atoms with van der Waals surface area (Å²) in [4.78, 5) is 11.7. The SMILES string of the molecule is CCCOc1ccc(C(=CC(=O)OC)C2CCCCC2)cc1. The van der Waals surface area contributed by atoms with E-state index in [0.29, 0.717) is 5.92 Å². The second-order valence-corrected chi connectivity index (χ2v) is 5.83. The van der Waals surface area contributed by atoms with E-state index in [-0.39, 0.29) is 5.97 Å². The third-order valence-electron chi connectivity index (χ3n) is 4.18. The monoisotopic (exact) mass is 302 g/mol. The molecule has 0 N–H and O–H groups in total. The summed E-state index contributed by atoms with van der Waals surface area (Å²) in [6.07, 6.45) is 8.73. The van der Waals surface area contributed by atoms with E-state index >= 15 is 0 Å². The van der Waals surface area contributed by atoms with Gasteiger partial charge in [0.05, 0.1) is 13.7 Å². The van der Waals surface area contributed by atoms with Crippen LogP contribution in [0.5, 0.6) is 5.75 Å². The van der Waals surface area contributed by atoms with Crippen molar-refractivity contribution < 1.29 is 14.3 Å². The Morgan fingerprint density at radius 1 is 1.18 bits per heavy atom. The molecule has 0 bridgehead atoms. The molecule has 120 valence electrons. The van der Waals surface area contributed by atoms with E-state index < -0.39 is 0 Å². The number of carbonyl (C=O) groups is 1. The second kappa shape index (κ2) is 8.62. The fourth-order valence-corrected chi connectivity index (χ4v) is 3.00. The van der Waals surface area contributed by atoms with Crippen molar-refractivity contribution in [1.82, 2.24) is 0 Å². The summed E-state index contributed by atoms with van der Waals surface area (Å²) in [5, 5.41) is 0. The lowest BCUT2D eigenvalue weighted by Gasteiger charge is -2.24. The maximum absolute atomic E-state index is 11.7. The summed E-state index contributed by atoms with van der Waals surface area (Å²) >= 11 is 0. The zero-order valence-corrected chi connectivity index (χ0v) is 13.6. The Labute approximate surface area is 133 Å². The molecule has 0 unspecified atom stereocenters. The number of hydrogen-bond acceptors (Lipinski definition) is 3. The molecule has 22 heavy (non-hydrogen) atoms. The van der Waals surface area contributed by atoms with Crippen LogP contribution in [0, 0.1) is 5.92 Å². The van der Waals surface area contributed by atoms with Gasteiger partial charge in [-0.1, -0.05) is 38.3 Å². The van der Waals surface area contributed by atoms with Crippen molar-refractivity contribution >= 4 is 11.5 Å². The predicted octanol–water partition coefficient (Wildman–Crippen LogP) is 4.61. The Bertz CT molecular complexity index is 496. The van der Waals surface area contributed by atoms with E-state index in [1.54, 1.807) is 6.08 Å². The van der Waals surface area contributed by atoms with E-state index in [0.717, 1.165) is 42.8 Å². The van der Waals surface area contributed by atoms with Crippen LogP contribution in [0.15, 0.2) is 30.3 Å². The van der Waals surface area contributed by atoms with Crippen LogP contribution in [0.25, 0.3) is 5.57 Å². The molecule has 1 fully saturated rings. The normalized spacial score (nSPS) is 16.4. The molecule has 0 spiro atoms. The molecule has 1 saturated carbocycles. The van der Waals surface area contributed by atoms with Gasteiger partial charge in [-0.15, -0.1) is 0 Å². The molecule has 2 rings (SSSR count). The van der Waals surface area contributed by atoms with E-state index in [9.17, 15) is 4.79 Å². The molecular weight excluding hydrogens is 276 g/mol. The molecule has 1 aromatic rings. The van der Waals surface area contributed by atoms with Crippen LogP contribution in [-0.2, 0) is 9.53 Å². The first-order valence-electron chi connectivity index (χ1n) is 8.27. The van der Waals surface area contributed by atoms with Gasteiger partial charge in [0.15, 0.2) is 0 Å². The van der Waals surface area contributed by atoms with Gasteiger partial charge in [-0.2, -0.15) is 0 Å². The molecule has 0 aliphatic heterocycles. The molecule has 1 aromatic carbocycles. The summed E-state index contributed by atoms with van der Waals surface area (Å²) < 4.78 is 10.5. The Hall–Kier alpha value is -1.77. The molecule has 3 nitrogen and oxygen atoms in total. The first-order chi connectivity index (χ1) is 10.7. The number of hydrogen-bond donors (Lipinski definition) is 0. The third kappa shape index (κ3) is 4.62. The molecule has 0 radical (unpaired) electrons. The molecule has 3 heteroatoms. The highest BCUT2D eigenvalue weighted by atomic mass is 16.5. The van der Waals surface area contributed by atoms with E-state index in [1.165, 1.54) is 26.4 Å². The smallest absolute Gasteiger partial charge is 0.330 e. The van der Waals surface area contributed by atoms with Gasteiger partial charge in [-0.25, -0.2) is 4.79 Å². The summed E-state index contributed by atoms with van der Waals surface area (Å²) in [6, 6.07) is 8.07. The summed E-state index contributed by atoms with van der Waals surface area (Å²) in [6.45, 7) is 2.82. The number of rotatable bonds is 6. The zero-order valence-electron chi connectivity index (χ0n) is 13.6. The van der Waals surface area contributed by atoms with Gasteiger partial charge in [-0.3, -0.25) is 0 Å². The van der Waals surface area contributed by atoms with E-state index in [4.69, 9.17) is 9.47 Å². The number of methoxy groups -OCH3 is 1. The van der Waals surface area contributed by atoms with Gasteiger partial charge in [0, 0.05) is 6.08 Å². The molecule has 0 amide bonds. The Kier molecular flexibility index (Phi) is 6.50. The number of benzene rings is 1. The summed E-state index contributed by atoms with van der Waals surface area (Å²) in [5.74, 6) is 1.06. The van der Waals surface area contributed by atoms with Gasteiger partial charge in [-0.05, 0) is 48.4 Å². The maximum Gasteiger partial charge on any atom is 0.330 e. The molecule has 0 heterocycles. The highest BCUT2D eigenvalue weighted by Gasteiger charge is 2.20. The van der Waals surface area contributed by atoms with Gasteiger partial charge < -0.3 is 9.47 Å². The van der Waals surface area contributed by atoms with Crippen LogP contribution in [0.1, 0.15) is 51.0 Å². The van der Waals surface area contributed by atoms with Gasteiger partial charge in [0.25, 0.3) is 0 Å². The quantitative estimate of drug-likeness (QED) is 0.568. The van der Waals surface area contributed by atoms with Crippen molar-refractivity contribution in [2.45, 2.75) is 45.4 Å². The van der Waals surface area contributed by atoms with E-state index in [2.05, 4.69) is 6.92 Å². The summed E-state index contributed by atoms with van der Waals surface area (Å²) in [7, 11) is 1.43.